The summed E-state index contributed by atoms with van der Waals surface area (Å²) in [5.41, 5.74) is 1.56. The summed E-state index contributed by atoms with van der Waals surface area (Å²) >= 11 is 0. The van der Waals surface area contributed by atoms with Gasteiger partial charge in [-0.3, -0.25) is 4.84 Å². The van der Waals surface area contributed by atoms with Gasteiger partial charge in [0.1, 0.15) is 12.4 Å². The Bertz CT molecular complexity index is 869. The van der Waals surface area contributed by atoms with E-state index in [1.54, 1.807) is 0 Å². The van der Waals surface area contributed by atoms with E-state index in [4.69, 9.17) is 9.57 Å². The van der Waals surface area contributed by atoms with E-state index < -0.39 is 16.1 Å². The Kier molecular flexibility index (Phi) is 7.17. The maximum Gasteiger partial charge on any atom is 0.319 e. The fourth-order valence-electron chi connectivity index (χ4n) is 2.17. The highest BCUT2D eigenvalue weighted by Gasteiger charge is 2.20. The van der Waals surface area contributed by atoms with Crippen LogP contribution in [-0.2, 0) is 14.9 Å². The largest absolute Gasteiger partial charge is 0.492 e. The molecule has 0 aromatic heterocycles. The predicted octanol–water partition coefficient (Wildman–Crippen LogP) is 2.38. The van der Waals surface area contributed by atoms with Crippen LogP contribution in [0.3, 0.4) is 0 Å². The van der Waals surface area contributed by atoms with Gasteiger partial charge in [-0.2, -0.15) is 0 Å². The monoisotopic (exact) mass is 393 g/mol. The zero-order valence-electron chi connectivity index (χ0n) is 15.4. The number of ether oxygens (including phenoxy) is 1. The zero-order valence-corrected chi connectivity index (χ0v) is 16.2. The Morgan fingerprint density at radius 2 is 1.85 bits per heavy atom. The number of nitrogens with one attached hydrogen (secondary N) is 2. The molecule has 2 amide bonds. The summed E-state index contributed by atoms with van der Waals surface area (Å²) in [6, 6.07) is 13.0. The van der Waals surface area contributed by atoms with Crippen molar-refractivity contribution in [3.63, 3.8) is 0 Å². The molecule has 0 bridgehead atoms. The number of benzene rings is 2. The number of hydrogen-bond acceptors (Lipinski definition) is 5. The predicted molar refractivity (Wildman–Crippen MR) is 102 cm³/mol. The van der Waals surface area contributed by atoms with Gasteiger partial charge in [0.2, 0.25) is 0 Å². The van der Waals surface area contributed by atoms with Crippen molar-refractivity contribution in [3.8, 4) is 5.75 Å². The first-order valence-corrected chi connectivity index (χ1v) is 9.64. The van der Waals surface area contributed by atoms with Gasteiger partial charge in [-0.05, 0) is 48.9 Å². The van der Waals surface area contributed by atoms with Crippen molar-refractivity contribution in [1.82, 2.24) is 9.79 Å². The highest BCUT2D eigenvalue weighted by atomic mass is 32.2. The van der Waals surface area contributed by atoms with Gasteiger partial charge in [0.15, 0.2) is 0 Å². The molecule has 0 saturated heterocycles. The van der Waals surface area contributed by atoms with Gasteiger partial charge in [0.05, 0.1) is 18.6 Å². The van der Waals surface area contributed by atoms with Crippen LogP contribution in [0.15, 0.2) is 53.4 Å². The Morgan fingerprint density at radius 1 is 1.15 bits per heavy atom. The lowest BCUT2D eigenvalue weighted by Crippen LogP contribution is -2.32. The second kappa shape index (κ2) is 9.36. The minimum atomic E-state index is -3.72. The molecule has 0 unspecified atom stereocenters. The molecule has 0 aliphatic heterocycles. The number of urea groups is 1. The van der Waals surface area contributed by atoms with E-state index in [2.05, 4.69) is 10.6 Å². The number of hydrogen-bond donors (Lipinski definition) is 2. The molecule has 0 spiro atoms. The fraction of sp³-hybridized carbons (Fsp3) is 0.278. The van der Waals surface area contributed by atoms with Crippen molar-refractivity contribution in [2.75, 3.05) is 32.6 Å². The molecule has 8 nitrogen and oxygen atoms in total. The number of amides is 2. The standard InChI is InChI=1S/C18H23N3O5S/c1-14-5-4-6-16(13-14)26-12-11-19-18(22)20-15-7-9-17(10-8-15)27(23,24)21(2)25-3/h4-10,13H,11-12H2,1-3H3,(H2,19,20,22). The molecule has 2 N–H and O–H groups in total. The van der Waals surface area contributed by atoms with Crippen LogP contribution in [0.2, 0.25) is 0 Å². The molecule has 0 heterocycles. The van der Waals surface area contributed by atoms with Crippen molar-refractivity contribution in [2.24, 2.45) is 0 Å². The van der Waals surface area contributed by atoms with Crippen LogP contribution in [0.25, 0.3) is 0 Å². The van der Waals surface area contributed by atoms with Crippen molar-refractivity contribution in [2.45, 2.75) is 11.8 Å². The molecule has 27 heavy (non-hydrogen) atoms. The van der Waals surface area contributed by atoms with Gasteiger partial charge in [0, 0.05) is 12.7 Å². The van der Waals surface area contributed by atoms with Gasteiger partial charge >= 0.3 is 6.03 Å². The second-order valence-electron chi connectivity index (χ2n) is 5.67. The molecular weight excluding hydrogens is 370 g/mol. The maximum atomic E-state index is 12.1. The normalized spacial score (nSPS) is 11.3. The van der Waals surface area contributed by atoms with Crippen LogP contribution in [0.5, 0.6) is 5.75 Å². The number of aryl methyl sites for hydroxylation is 1. The highest BCUT2D eigenvalue weighted by Crippen LogP contribution is 2.17. The third-order valence-electron chi connectivity index (χ3n) is 3.65. The molecular formula is C18H23N3O5S. The number of anilines is 1. The molecule has 0 saturated carbocycles. The third-order valence-corrected chi connectivity index (χ3v) is 5.35. The lowest BCUT2D eigenvalue weighted by molar-refractivity contribution is -0.0258. The van der Waals surface area contributed by atoms with Crippen LogP contribution in [0, 0.1) is 6.92 Å². The molecule has 0 aliphatic rings. The summed E-state index contributed by atoms with van der Waals surface area (Å²) < 4.78 is 30.5. The SMILES string of the molecule is CON(C)S(=O)(=O)c1ccc(NC(=O)NCCOc2cccc(C)c2)cc1. The first kappa shape index (κ1) is 20.7. The fourth-order valence-corrected chi connectivity index (χ4v) is 3.14. The maximum absolute atomic E-state index is 12.1. The second-order valence-corrected chi connectivity index (χ2v) is 7.60. The molecule has 0 aliphatic carbocycles. The number of nitrogens with zero attached hydrogens (tertiary/aromatic N) is 1. The van der Waals surface area contributed by atoms with Crippen LogP contribution in [0.4, 0.5) is 10.5 Å². The quantitative estimate of drug-likeness (QED) is 0.530. The average Bonchev–Trinajstić information content (AvgIpc) is 2.65. The van der Waals surface area contributed by atoms with Crippen LogP contribution in [-0.4, -0.2) is 46.2 Å². The number of hydroxylamine groups is 1. The molecule has 0 atom stereocenters. The molecule has 0 radical (unpaired) electrons. The Labute approximate surface area is 159 Å². The smallest absolute Gasteiger partial charge is 0.319 e. The van der Waals surface area contributed by atoms with Crippen LogP contribution in [0.1, 0.15) is 5.56 Å². The summed E-state index contributed by atoms with van der Waals surface area (Å²) in [5, 5.41) is 5.29. The topological polar surface area (TPSA) is 97.0 Å². The molecule has 146 valence electrons. The minimum absolute atomic E-state index is 0.0596. The van der Waals surface area contributed by atoms with Crippen LogP contribution >= 0.6 is 0 Å². The molecule has 2 aromatic carbocycles. The van der Waals surface area contributed by atoms with Gasteiger partial charge in [-0.1, -0.05) is 16.6 Å². The Hall–Kier alpha value is -2.62. The Morgan fingerprint density at radius 3 is 2.48 bits per heavy atom. The van der Waals surface area contributed by atoms with Crippen molar-refractivity contribution < 1.29 is 22.8 Å². The minimum Gasteiger partial charge on any atom is -0.492 e. The Balaban J connectivity index is 1.80. The van der Waals surface area contributed by atoms with E-state index in [0.29, 0.717) is 18.8 Å². The molecule has 2 rings (SSSR count). The highest BCUT2D eigenvalue weighted by molar-refractivity contribution is 7.89. The van der Waals surface area contributed by atoms with E-state index in [1.807, 2.05) is 31.2 Å². The zero-order chi connectivity index (χ0) is 19.9. The number of sulfonamides is 1. The summed E-state index contributed by atoms with van der Waals surface area (Å²) in [6.45, 7) is 2.63. The molecule has 0 fully saturated rings. The third kappa shape index (κ3) is 5.95. The van der Waals surface area contributed by atoms with Gasteiger partial charge < -0.3 is 15.4 Å². The summed E-state index contributed by atoms with van der Waals surface area (Å²) in [6.07, 6.45) is 0. The van der Waals surface area contributed by atoms with E-state index in [0.717, 1.165) is 15.8 Å². The molecule has 9 heteroatoms. The number of carbonyl (C=O) groups is 1. The lowest BCUT2D eigenvalue weighted by Gasteiger charge is -2.14. The molecule has 2 aromatic rings. The van der Waals surface area contributed by atoms with E-state index in [-0.39, 0.29) is 4.90 Å². The van der Waals surface area contributed by atoms with Crippen molar-refractivity contribution >= 4 is 21.7 Å². The van der Waals surface area contributed by atoms with Gasteiger partial charge in [-0.25, -0.2) is 13.2 Å². The lowest BCUT2D eigenvalue weighted by atomic mass is 10.2. The van der Waals surface area contributed by atoms with Crippen LogP contribution < -0.4 is 15.4 Å². The van der Waals surface area contributed by atoms with E-state index in [1.165, 1.54) is 38.4 Å². The van der Waals surface area contributed by atoms with Crippen molar-refractivity contribution in [1.29, 1.82) is 0 Å². The summed E-state index contributed by atoms with van der Waals surface area (Å²) in [4.78, 5) is 16.7. The first-order chi connectivity index (χ1) is 12.8. The van der Waals surface area contributed by atoms with E-state index in [9.17, 15) is 13.2 Å². The van der Waals surface area contributed by atoms with Gasteiger partial charge in [0.25, 0.3) is 10.0 Å². The first-order valence-electron chi connectivity index (χ1n) is 8.20. The summed E-state index contributed by atoms with van der Waals surface area (Å²) in [7, 11) is -1.15. The number of carbonyl (C=O) groups excluding carboxylic acids is 1. The number of rotatable bonds is 8. The summed E-state index contributed by atoms with van der Waals surface area (Å²) in [5.74, 6) is 0.745. The van der Waals surface area contributed by atoms with Crippen molar-refractivity contribution in [3.05, 3.63) is 54.1 Å². The van der Waals surface area contributed by atoms with E-state index >= 15 is 0 Å². The van der Waals surface area contributed by atoms with Gasteiger partial charge in [-0.15, -0.1) is 0 Å². The average molecular weight is 393 g/mol.